The zero-order valence-corrected chi connectivity index (χ0v) is 7.20. The molecule has 0 unspecified atom stereocenters. The molecule has 0 amide bonds. The van der Waals surface area contributed by atoms with Gasteiger partial charge in [0.1, 0.15) is 24.4 Å². The number of carbonyl (C=O) groups is 1. The van der Waals surface area contributed by atoms with Crippen molar-refractivity contribution in [3.63, 3.8) is 0 Å². The lowest BCUT2D eigenvalue weighted by atomic mass is 10.0. The smallest absolute Gasteiger partial charge is 0.151 e. The highest BCUT2D eigenvalue weighted by molar-refractivity contribution is 5.57. The summed E-state index contributed by atoms with van der Waals surface area (Å²) in [6.07, 6.45) is -5.56. The zero-order chi connectivity index (χ0) is 10.4. The Hall–Kier alpha value is -0.530. The molecule has 0 saturated heterocycles. The Bertz CT molecular complexity index is 150. The molecule has 0 fully saturated rings. The van der Waals surface area contributed by atoms with Gasteiger partial charge in [-0.3, -0.25) is 0 Å². The Morgan fingerprint density at radius 3 is 2.15 bits per heavy atom. The van der Waals surface area contributed by atoms with E-state index in [4.69, 9.17) is 15.3 Å². The Balaban J connectivity index is 4.21. The monoisotopic (exact) mass is 194 g/mol. The van der Waals surface area contributed by atoms with Crippen molar-refractivity contribution in [2.75, 3.05) is 13.7 Å². The van der Waals surface area contributed by atoms with E-state index in [1.165, 1.54) is 7.11 Å². The number of aldehydes is 1. The third-order valence-corrected chi connectivity index (χ3v) is 1.67. The Labute approximate surface area is 75.4 Å². The first-order valence-corrected chi connectivity index (χ1v) is 3.71. The summed E-state index contributed by atoms with van der Waals surface area (Å²) < 4.78 is 4.51. The number of ether oxygens (including phenoxy) is 1. The van der Waals surface area contributed by atoms with Crippen LogP contribution in [0.25, 0.3) is 0 Å². The van der Waals surface area contributed by atoms with Crippen LogP contribution in [0, 0.1) is 0 Å². The highest BCUT2D eigenvalue weighted by Gasteiger charge is 2.30. The quantitative estimate of drug-likeness (QED) is 0.342. The molecule has 0 heterocycles. The van der Waals surface area contributed by atoms with Crippen molar-refractivity contribution in [1.82, 2.24) is 0 Å². The van der Waals surface area contributed by atoms with E-state index in [1.54, 1.807) is 0 Å². The maximum atomic E-state index is 10.3. The van der Waals surface area contributed by atoms with Crippen molar-refractivity contribution in [3.05, 3.63) is 0 Å². The molecular weight excluding hydrogens is 180 g/mol. The van der Waals surface area contributed by atoms with Gasteiger partial charge in [0, 0.05) is 7.11 Å². The Kier molecular flexibility index (Phi) is 5.76. The number of hydrogen-bond donors (Lipinski definition) is 4. The van der Waals surface area contributed by atoms with Crippen LogP contribution in [-0.4, -0.2) is 64.8 Å². The van der Waals surface area contributed by atoms with Crippen LogP contribution >= 0.6 is 0 Å². The van der Waals surface area contributed by atoms with E-state index in [9.17, 15) is 9.90 Å². The molecular formula is C7H14O6. The van der Waals surface area contributed by atoms with Crippen LogP contribution in [-0.2, 0) is 9.53 Å². The average Bonchev–Trinajstić information content (AvgIpc) is 2.17. The number of carbonyl (C=O) groups excluding carboxylic acids is 1. The Morgan fingerprint density at radius 1 is 1.31 bits per heavy atom. The van der Waals surface area contributed by atoms with E-state index in [0.29, 0.717) is 6.29 Å². The summed E-state index contributed by atoms with van der Waals surface area (Å²) >= 11 is 0. The predicted octanol–water partition coefficient (Wildman–Crippen LogP) is -2.72. The third-order valence-electron chi connectivity index (χ3n) is 1.67. The van der Waals surface area contributed by atoms with Gasteiger partial charge < -0.3 is 30.0 Å². The van der Waals surface area contributed by atoms with Crippen molar-refractivity contribution in [1.29, 1.82) is 0 Å². The minimum atomic E-state index is -1.61. The lowest BCUT2D eigenvalue weighted by Gasteiger charge is -2.24. The van der Waals surface area contributed by atoms with E-state index < -0.39 is 31.0 Å². The molecule has 0 aromatic rings. The van der Waals surface area contributed by atoms with Crippen LogP contribution in [0.2, 0.25) is 0 Å². The summed E-state index contributed by atoms with van der Waals surface area (Å²) in [5, 5.41) is 35.7. The third kappa shape index (κ3) is 3.37. The summed E-state index contributed by atoms with van der Waals surface area (Å²) in [7, 11) is 1.18. The van der Waals surface area contributed by atoms with Gasteiger partial charge in [-0.15, -0.1) is 0 Å². The van der Waals surface area contributed by atoms with Gasteiger partial charge >= 0.3 is 0 Å². The highest BCUT2D eigenvalue weighted by atomic mass is 16.5. The van der Waals surface area contributed by atoms with Crippen LogP contribution < -0.4 is 0 Å². The highest BCUT2D eigenvalue weighted by Crippen LogP contribution is 2.05. The standard InChI is InChI=1S/C7H14O6/c1-13-5(3-9)7(12)6(11)4(10)2-8/h3-8,10-12H,2H2,1H3/t4-,5+,6-,7+/m1/s1. The largest absolute Gasteiger partial charge is 0.394 e. The number of aliphatic hydroxyl groups is 4. The van der Waals surface area contributed by atoms with E-state index in [0.717, 1.165) is 0 Å². The van der Waals surface area contributed by atoms with Gasteiger partial charge in [-0.05, 0) is 0 Å². The molecule has 0 aliphatic heterocycles. The average molecular weight is 194 g/mol. The second-order valence-electron chi connectivity index (χ2n) is 2.57. The lowest BCUT2D eigenvalue weighted by molar-refractivity contribution is -0.141. The molecule has 0 aromatic carbocycles. The van der Waals surface area contributed by atoms with Crippen LogP contribution in [0.1, 0.15) is 0 Å². The molecule has 0 saturated carbocycles. The SMILES string of the molecule is CO[C@@H](C=O)[C@H](O)[C@H](O)[C@H](O)CO. The van der Waals surface area contributed by atoms with Crippen molar-refractivity contribution >= 4 is 6.29 Å². The van der Waals surface area contributed by atoms with E-state index >= 15 is 0 Å². The first-order chi connectivity index (χ1) is 6.08. The molecule has 4 N–H and O–H groups in total. The molecule has 6 nitrogen and oxygen atoms in total. The maximum Gasteiger partial charge on any atom is 0.151 e. The van der Waals surface area contributed by atoms with Gasteiger partial charge in [0.15, 0.2) is 6.29 Å². The Morgan fingerprint density at radius 2 is 1.85 bits per heavy atom. The van der Waals surface area contributed by atoms with E-state index in [1.807, 2.05) is 0 Å². The molecule has 13 heavy (non-hydrogen) atoms. The molecule has 0 spiro atoms. The van der Waals surface area contributed by atoms with E-state index in [-0.39, 0.29) is 0 Å². The van der Waals surface area contributed by atoms with Crippen LogP contribution in [0.4, 0.5) is 0 Å². The van der Waals surface area contributed by atoms with Crippen molar-refractivity contribution in [2.45, 2.75) is 24.4 Å². The number of rotatable bonds is 6. The minimum Gasteiger partial charge on any atom is -0.394 e. The first kappa shape index (κ1) is 12.5. The van der Waals surface area contributed by atoms with Crippen LogP contribution in [0.3, 0.4) is 0 Å². The van der Waals surface area contributed by atoms with Crippen LogP contribution in [0.15, 0.2) is 0 Å². The fourth-order valence-corrected chi connectivity index (χ4v) is 0.805. The summed E-state index contributed by atoms with van der Waals surface area (Å²) in [4.78, 5) is 10.3. The predicted molar refractivity (Wildman–Crippen MR) is 42.0 cm³/mol. The molecule has 0 rings (SSSR count). The summed E-state index contributed by atoms with van der Waals surface area (Å²) in [5.41, 5.74) is 0. The summed E-state index contributed by atoms with van der Waals surface area (Å²) in [6.45, 7) is -0.701. The van der Waals surface area contributed by atoms with Gasteiger partial charge in [0.2, 0.25) is 0 Å². The van der Waals surface area contributed by atoms with Crippen LogP contribution in [0.5, 0.6) is 0 Å². The first-order valence-electron chi connectivity index (χ1n) is 3.71. The van der Waals surface area contributed by atoms with Gasteiger partial charge in [-0.1, -0.05) is 0 Å². The lowest BCUT2D eigenvalue weighted by Crippen LogP contribution is -2.47. The summed E-state index contributed by atoms with van der Waals surface area (Å²) in [6, 6.07) is 0. The maximum absolute atomic E-state index is 10.3. The number of aliphatic hydroxyl groups excluding tert-OH is 4. The number of methoxy groups -OCH3 is 1. The molecule has 0 aromatic heterocycles. The van der Waals surface area contributed by atoms with Gasteiger partial charge in [0.05, 0.1) is 6.61 Å². The second kappa shape index (κ2) is 6.01. The van der Waals surface area contributed by atoms with Crippen molar-refractivity contribution in [2.24, 2.45) is 0 Å². The molecule has 6 heteroatoms. The second-order valence-corrected chi connectivity index (χ2v) is 2.57. The fraction of sp³-hybridized carbons (Fsp3) is 0.857. The van der Waals surface area contributed by atoms with Crippen molar-refractivity contribution in [3.8, 4) is 0 Å². The minimum absolute atomic E-state index is 0.304. The fourth-order valence-electron chi connectivity index (χ4n) is 0.805. The topological polar surface area (TPSA) is 107 Å². The zero-order valence-electron chi connectivity index (χ0n) is 7.20. The normalized spacial score (nSPS) is 20.4. The van der Waals surface area contributed by atoms with Crippen molar-refractivity contribution < 1.29 is 30.0 Å². The van der Waals surface area contributed by atoms with E-state index in [2.05, 4.69) is 4.74 Å². The molecule has 0 bridgehead atoms. The molecule has 4 atom stereocenters. The molecule has 0 aliphatic carbocycles. The molecule has 78 valence electrons. The van der Waals surface area contributed by atoms with Gasteiger partial charge in [-0.2, -0.15) is 0 Å². The summed E-state index contributed by atoms with van der Waals surface area (Å²) in [5.74, 6) is 0. The van der Waals surface area contributed by atoms with Gasteiger partial charge in [-0.25, -0.2) is 0 Å². The number of hydrogen-bond acceptors (Lipinski definition) is 6. The van der Waals surface area contributed by atoms with Gasteiger partial charge in [0.25, 0.3) is 0 Å². The molecule has 0 aliphatic rings. The molecule has 0 radical (unpaired) electrons.